The molecule has 0 aliphatic carbocycles. The highest BCUT2D eigenvalue weighted by Gasteiger charge is 2.28. The number of unbranched alkanes of at least 4 members (excludes halogenated alkanes) is 17. The lowest BCUT2D eigenvalue weighted by atomic mass is 10.0. The van der Waals surface area contributed by atoms with Gasteiger partial charge >= 0.3 is 11.9 Å². The van der Waals surface area contributed by atoms with Crippen LogP contribution in [-0.4, -0.2) is 48.3 Å². The zero-order chi connectivity index (χ0) is 26.3. The van der Waals surface area contributed by atoms with E-state index < -0.39 is 18.1 Å². The third-order valence-electron chi connectivity index (χ3n) is 6.87. The summed E-state index contributed by atoms with van der Waals surface area (Å²) < 4.78 is 10.0. The van der Waals surface area contributed by atoms with E-state index in [9.17, 15) is 19.5 Å². The summed E-state index contributed by atoms with van der Waals surface area (Å²) in [6.45, 7) is 1.83. The molecule has 2 atom stereocenters. The molecule has 2 N–H and O–H groups in total. The van der Waals surface area contributed by atoms with Gasteiger partial charge in [0.25, 0.3) is 0 Å². The molecule has 210 valence electrons. The first kappa shape index (κ1) is 32.4. The predicted molar refractivity (Wildman–Crippen MR) is 142 cm³/mol. The van der Waals surface area contributed by atoms with Gasteiger partial charge in [-0.2, -0.15) is 0 Å². The van der Waals surface area contributed by atoms with Crippen molar-refractivity contribution < 1.29 is 29.0 Å². The molecule has 1 aliphatic heterocycles. The number of esters is 2. The summed E-state index contributed by atoms with van der Waals surface area (Å²) in [5.41, 5.74) is 0. The summed E-state index contributed by atoms with van der Waals surface area (Å²) in [6.07, 6.45) is 23.5. The maximum Gasteiger partial charge on any atom is 0.328 e. The number of hydrogen-bond donors (Lipinski definition) is 2. The average molecular weight is 512 g/mol. The summed E-state index contributed by atoms with van der Waals surface area (Å²) in [4.78, 5) is 34.7. The lowest BCUT2D eigenvalue weighted by molar-refractivity contribution is -0.154. The normalized spacial score (nSPS) is 16.1. The Morgan fingerprint density at radius 2 is 1.22 bits per heavy atom. The van der Waals surface area contributed by atoms with Gasteiger partial charge in [0, 0.05) is 12.8 Å². The third kappa shape index (κ3) is 18.6. The first-order valence-electron chi connectivity index (χ1n) is 14.8. The van der Waals surface area contributed by atoms with Gasteiger partial charge in [-0.15, -0.1) is 0 Å². The summed E-state index contributed by atoms with van der Waals surface area (Å²) in [7, 11) is 0. The van der Waals surface area contributed by atoms with Gasteiger partial charge < -0.3 is 19.9 Å². The van der Waals surface area contributed by atoms with Crippen LogP contribution in [0.1, 0.15) is 142 Å². The Kier molecular flexibility index (Phi) is 20.3. The average Bonchev–Trinajstić information content (AvgIpc) is 3.31. The molecule has 0 radical (unpaired) electrons. The van der Waals surface area contributed by atoms with Gasteiger partial charge in [-0.05, 0) is 12.8 Å². The van der Waals surface area contributed by atoms with E-state index in [4.69, 9.17) is 9.47 Å². The summed E-state index contributed by atoms with van der Waals surface area (Å²) in [6, 6.07) is -0.642. The van der Waals surface area contributed by atoms with Gasteiger partial charge in [0.05, 0.1) is 0 Å². The number of nitrogens with one attached hydrogen (secondary N) is 1. The minimum Gasteiger partial charge on any atom is -0.463 e. The fourth-order valence-corrected chi connectivity index (χ4v) is 4.55. The predicted octanol–water partition coefficient (Wildman–Crippen LogP) is 6.14. The molecule has 7 heteroatoms. The zero-order valence-electron chi connectivity index (χ0n) is 22.9. The highest BCUT2D eigenvalue weighted by atomic mass is 16.6. The Bertz CT molecular complexity index is 582. The summed E-state index contributed by atoms with van der Waals surface area (Å²) >= 11 is 0. The van der Waals surface area contributed by atoms with Crippen LogP contribution in [0.4, 0.5) is 0 Å². The molecule has 7 nitrogen and oxygen atoms in total. The number of hydrogen-bond acceptors (Lipinski definition) is 6. The van der Waals surface area contributed by atoms with Crippen LogP contribution in [0.2, 0.25) is 0 Å². The van der Waals surface area contributed by atoms with Crippen molar-refractivity contribution in [3.05, 3.63) is 0 Å². The van der Waals surface area contributed by atoms with E-state index in [1.54, 1.807) is 0 Å². The molecule has 36 heavy (non-hydrogen) atoms. The molecule has 0 aromatic rings. The summed E-state index contributed by atoms with van der Waals surface area (Å²) in [5.74, 6) is -1.07. The van der Waals surface area contributed by atoms with Gasteiger partial charge in [-0.25, -0.2) is 4.79 Å². The Morgan fingerprint density at radius 3 is 1.67 bits per heavy atom. The molecule has 1 saturated heterocycles. The molecule has 0 saturated carbocycles. The van der Waals surface area contributed by atoms with Crippen molar-refractivity contribution >= 4 is 17.8 Å². The van der Waals surface area contributed by atoms with Gasteiger partial charge in [0.15, 0.2) is 0 Å². The standard InChI is InChI=1S/C29H53NO6/c1-2-3-4-5-6-7-8-9-10-11-12-13-14-15-16-17-18-19-20-28(33)35-23-25(31)24-36-29(34)26-21-22-27(32)30-26/h25-26,31H,2-24H2,1H3,(H,30,32)/t25?,26-/m1/s1. The molecule has 1 fully saturated rings. The third-order valence-corrected chi connectivity index (χ3v) is 6.87. The first-order valence-corrected chi connectivity index (χ1v) is 14.8. The van der Waals surface area contributed by atoms with Gasteiger partial charge in [0.1, 0.15) is 25.4 Å². The number of ether oxygens (including phenoxy) is 2. The van der Waals surface area contributed by atoms with Crippen LogP contribution in [0.25, 0.3) is 0 Å². The van der Waals surface area contributed by atoms with Crippen molar-refractivity contribution in [3.63, 3.8) is 0 Å². The number of carbonyl (C=O) groups is 3. The smallest absolute Gasteiger partial charge is 0.328 e. The second kappa shape index (κ2) is 22.6. The van der Waals surface area contributed by atoms with E-state index in [-0.39, 0.29) is 25.1 Å². The highest BCUT2D eigenvalue weighted by molar-refractivity contribution is 5.88. The van der Waals surface area contributed by atoms with Crippen LogP contribution in [0.15, 0.2) is 0 Å². The number of aliphatic hydroxyl groups excluding tert-OH is 1. The van der Waals surface area contributed by atoms with E-state index in [0.717, 1.165) is 19.3 Å². The molecule has 0 aromatic heterocycles. The van der Waals surface area contributed by atoms with E-state index in [1.807, 2.05) is 0 Å². The summed E-state index contributed by atoms with van der Waals surface area (Å²) in [5, 5.41) is 12.3. The number of amides is 1. The Balaban J connectivity index is 1.79. The lowest BCUT2D eigenvalue weighted by Gasteiger charge is -2.14. The monoisotopic (exact) mass is 511 g/mol. The van der Waals surface area contributed by atoms with Crippen molar-refractivity contribution in [3.8, 4) is 0 Å². The maximum atomic E-state index is 11.8. The zero-order valence-corrected chi connectivity index (χ0v) is 22.9. The lowest BCUT2D eigenvalue weighted by Crippen LogP contribution is -2.36. The molecule has 0 aromatic carbocycles. The maximum absolute atomic E-state index is 11.8. The van der Waals surface area contributed by atoms with Crippen LogP contribution in [0.3, 0.4) is 0 Å². The molecule has 1 amide bonds. The molecule has 1 unspecified atom stereocenters. The first-order chi connectivity index (χ1) is 17.5. The SMILES string of the molecule is CCCCCCCCCCCCCCCCCCCCC(=O)OCC(O)COC(=O)[C@H]1CCC(=O)N1. The Morgan fingerprint density at radius 1 is 0.778 bits per heavy atom. The van der Waals surface area contributed by atoms with Crippen molar-refractivity contribution in [2.24, 2.45) is 0 Å². The van der Waals surface area contributed by atoms with Crippen LogP contribution in [0, 0.1) is 0 Å². The van der Waals surface area contributed by atoms with E-state index in [1.165, 1.54) is 96.3 Å². The molecule has 1 aliphatic rings. The van der Waals surface area contributed by atoms with Crippen LogP contribution in [-0.2, 0) is 23.9 Å². The van der Waals surface area contributed by atoms with Crippen molar-refractivity contribution in [2.75, 3.05) is 13.2 Å². The van der Waals surface area contributed by atoms with Crippen molar-refractivity contribution in [1.29, 1.82) is 0 Å². The second-order valence-electron chi connectivity index (χ2n) is 10.4. The number of aliphatic hydroxyl groups is 1. The largest absolute Gasteiger partial charge is 0.463 e. The van der Waals surface area contributed by atoms with E-state index in [2.05, 4.69) is 12.2 Å². The molecular weight excluding hydrogens is 458 g/mol. The minimum absolute atomic E-state index is 0.175. The molecule has 1 rings (SSSR count). The Labute approximate surface area is 219 Å². The van der Waals surface area contributed by atoms with Gasteiger partial charge in [-0.1, -0.05) is 116 Å². The molecule has 0 spiro atoms. The topological polar surface area (TPSA) is 102 Å². The molecule has 0 bridgehead atoms. The second-order valence-corrected chi connectivity index (χ2v) is 10.4. The fraction of sp³-hybridized carbons (Fsp3) is 0.897. The molecular formula is C29H53NO6. The minimum atomic E-state index is -1.06. The van der Waals surface area contributed by atoms with Crippen LogP contribution in [0.5, 0.6) is 0 Å². The van der Waals surface area contributed by atoms with Crippen LogP contribution < -0.4 is 5.32 Å². The quantitative estimate of drug-likeness (QED) is 0.119. The fourth-order valence-electron chi connectivity index (χ4n) is 4.55. The van der Waals surface area contributed by atoms with Gasteiger partial charge in [-0.3, -0.25) is 9.59 Å². The number of rotatable bonds is 24. The van der Waals surface area contributed by atoms with Crippen molar-refractivity contribution in [1.82, 2.24) is 5.32 Å². The number of carbonyl (C=O) groups excluding carboxylic acids is 3. The van der Waals surface area contributed by atoms with Crippen LogP contribution >= 0.6 is 0 Å². The van der Waals surface area contributed by atoms with Crippen molar-refractivity contribution in [2.45, 2.75) is 154 Å². The van der Waals surface area contributed by atoms with E-state index >= 15 is 0 Å². The van der Waals surface area contributed by atoms with Gasteiger partial charge in [0.2, 0.25) is 5.91 Å². The van der Waals surface area contributed by atoms with E-state index in [0.29, 0.717) is 19.3 Å². The molecule has 1 heterocycles. The Hall–Kier alpha value is -1.63. The highest BCUT2D eigenvalue weighted by Crippen LogP contribution is 2.15.